The molecule has 0 unspecified atom stereocenters. The predicted molar refractivity (Wildman–Crippen MR) is 72.0 cm³/mol. The highest BCUT2D eigenvalue weighted by atomic mass is 35.5. The monoisotopic (exact) mass is 267 g/mol. The first-order valence-electron chi connectivity index (χ1n) is 6.33. The van der Waals surface area contributed by atoms with E-state index in [1.807, 2.05) is 18.2 Å². The Morgan fingerprint density at radius 1 is 1.33 bits per heavy atom. The maximum absolute atomic E-state index is 11.8. The van der Waals surface area contributed by atoms with Gasteiger partial charge in [-0.3, -0.25) is 4.79 Å². The fourth-order valence-electron chi connectivity index (χ4n) is 2.08. The second-order valence-corrected chi connectivity index (χ2v) is 4.97. The molecule has 0 saturated carbocycles. The van der Waals surface area contributed by atoms with Crippen molar-refractivity contribution in [2.45, 2.75) is 25.4 Å². The largest absolute Gasteiger partial charge is 0.370 e. The van der Waals surface area contributed by atoms with Crippen LogP contribution in [0, 0.1) is 0 Å². The van der Waals surface area contributed by atoms with Crippen molar-refractivity contribution in [2.75, 3.05) is 19.7 Å². The van der Waals surface area contributed by atoms with E-state index in [1.54, 1.807) is 6.07 Å². The zero-order chi connectivity index (χ0) is 12.8. The highest BCUT2D eigenvalue weighted by Gasteiger charge is 2.15. The SMILES string of the molecule is O=C(COC1CCNCC1)Cc1ccccc1Cl. The lowest BCUT2D eigenvalue weighted by Gasteiger charge is -2.22. The third-order valence-electron chi connectivity index (χ3n) is 3.11. The average molecular weight is 268 g/mol. The number of benzene rings is 1. The molecule has 1 N–H and O–H groups in total. The summed E-state index contributed by atoms with van der Waals surface area (Å²) in [5.74, 6) is 0.0848. The number of Topliss-reactive ketones (excluding diaryl/α,β-unsaturated/α-hetero) is 1. The normalized spacial score (nSPS) is 16.7. The summed E-state index contributed by atoms with van der Waals surface area (Å²) in [7, 11) is 0. The summed E-state index contributed by atoms with van der Waals surface area (Å²) in [6.45, 7) is 2.14. The van der Waals surface area contributed by atoms with Crippen LogP contribution in [-0.2, 0) is 16.0 Å². The first-order valence-corrected chi connectivity index (χ1v) is 6.71. The van der Waals surface area contributed by atoms with Crippen molar-refractivity contribution in [3.63, 3.8) is 0 Å². The molecule has 2 rings (SSSR count). The number of nitrogens with one attached hydrogen (secondary N) is 1. The van der Waals surface area contributed by atoms with Gasteiger partial charge in [0.25, 0.3) is 0 Å². The summed E-state index contributed by atoms with van der Waals surface area (Å²) in [6.07, 6.45) is 2.55. The van der Waals surface area contributed by atoms with Crippen molar-refractivity contribution in [1.82, 2.24) is 5.32 Å². The first kappa shape index (κ1) is 13.5. The lowest BCUT2D eigenvalue weighted by atomic mass is 10.1. The molecule has 0 spiro atoms. The van der Waals surface area contributed by atoms with Crippen LogP contribution in [0.2, 0.25) is 5.02 Å². The van der Waals surface area contributed by atoms with E-state index in [9.17, 15) is 4.79 Å². The van der Waals surface area contributed by atoms with E-state index in [4.69, 9.17) is 16.3 Å². The summed E-state index contributed by atoms with van der Waals surface area (Å²) in [5, 5.41) is 3.91. The highest BCUT2D eigenvalue weighted by Crippen LogP contribution is 2.16. The number of ketones is 1. The maximum atomic E-state index is 11.8. The van der Waals surface area contributed by atoms with Gasteiger partial charge in [-0.25, -0.2) is 0 Å². The van der Waals surface area contributed by atoms with E-state index in [2.05, 4.69) is 5.32 Å². The molecule has 1 aromatic rings. The van der Waals surface area contributed by atoms with Crippen molar-refractivity contribution in [1.29, 1.82) is 0 Å². The number of hydrogen-bond donors (Lipinski definition) is 1. The minimum Gasteiger partial charge on any atom is -0.370 e. The van der Waals surface area contributed by atoms with E-state index in [0.29, 0.717) is 11.4 Å². The molecule has 4 heteroatoms. The van der Waals surface area contributed by atoms with Gasteiger partial charge in [-0.15, -0.1) is 0 Å². The Morgan fingerprint density at radius 3 is 2.78 bits per heavy atom. The molecule has 0 radical (unpaired) electrons. The van der Waals surface area contributed by atoms with Crippen LogP contribution in [0.15, 0.2) is 24.3 Å². The summed E-state index contributed by atoms with van der Waals surface area (Å²) in [6, 6.07) is 7.44. The Labute approximate surface area is 112 Å². The zero-order valence-corrected chi connectivity index (χ0v) is 11.1. The van der Waals surface area contributed by atoms with Gasteiger partial charge in [-0.1, -0.05) is 29.8 Å². The molecule has 1 aromatic carbocycles. The smallest absolute Gasteiger partial charge is 0.162 e. The summed E-state index contributed by atoms with van der Waals surface area (Å²) >= 11 is 6.02. The first-order chi connectivity index (χ1) is 8.75. The van der Waals surface area contributed by atoms with Crippen LogP contribution in [0.25, 0.3) is 0 Å². The summed E-state index contributed by atoms with van der Waals surface area (Å²) < 4.78 is 5.62. The number of piperidine rings is 1. The molecule has 0 aromatic heterocycles. The molecule has 3 nitrogen and oxygen atoms in total. The van der Waals surface area contributed by atoms with E-state index >= 15 is 0 Å². The minimum atomic E-state index is 0.0848. The van der Waals surface area contributed by atoms with Gasteiger partial charge in [0.1, 0.15) is 6.61 Å². The van der Waals surface area contributed by atoms with Gasteiger partial charge in [0.15, 0.2) is 5.78 Å². The number of rotatable bonds is 5. The Kier molecular flexibility index (Phi) is 5.17. The molecule has 1 fully saturated rings. The fourth-order valence-corrected chi connectivity index (χ4v) is 2.28. The molecule has 1 aliphatic rings. The van der Waals surface area contributed by atoms with E-state index in [1.165, 1.54) is 0 Å². The minimum absolute atomic E-state index is 0.0848. The van der Waals surface area contributed by atoms with Gasteiger partial charge < -0.3 is 10.1 Å². The Balaban J connectivity index is 1.76. The quantitative estimate of drug-likeness (QED) is 0.889. The van der Waals surface area contributed by atoms with Gasteiger partial charge in [-0.05, 0) is 37.6 Å². The second kappa shape index (κ2) is 6.88. The van der Waals surface area contributed by atoms with Gasteiger partial charge in [0.05, 0.1) is 6.10 Å². The van der Waals surface area contributed by atoms with Crippen molar-refractivity contribution in [3.8, 4) is 0 Å². The Hall–Kier alpha value is -0.900. The van der Waals surface area contributed by atoms with Crippen LogP contribution >= 0.6 is 11.6 Å². The summed E-state index contributed by atoms with van der Waals surface area (Å²) in [5.41, 5.74) is 0.873. The Morgan fingerprint density at radius 2 is 2.06 bits per heavy atom. The van der Waals surface area contributed by atoms with Gasteiger partial charge in [0, 0.05) is 11.4 Å². The molecule has 0 aliphatic carbocycles. The predicted octanol–water partition coefficient (Wildman–Crippen LogP) is 2.22. The van der Waals surface area contributed by atoms with Crippen LogP contribution in [-0.4, -0.2) is 31.6 Å². The topological polar surface area (TPSA) is 38.3 Å². The van der Waals surface area contributed by atoms with Crippen molar-refractivity contribution in [3.05, 3.63) is 34.9 Å². The number of halogens is 1. The van der Waals surface area contributed by atoms with Gasteiger partial charge >= 0.3 is 0 Å². The van der Waals surface area contributed by atoms with Crippen molar-refractivity contribution >= 4 is 17.4 Å². The van der Waals surface area contributed by atoms with Crippen LogP contribution in [0.3, 0.4) is 0 Å². The third kappa shape index (κ3) is 4.09. The molecule has 1 aliphatic heterocycles. The van der Waals surface area contributed by atoms with Crippen LogP contribution in [0.4, 0.5) is 0 Å². The van der Waals surface area contributed by atoms with E-state index in [0.717, 1.165) is 31.5 Å². The molecule has 98 valence electrons. The van der Waals surface area contributed by atoms with E-state index in [-0.39, 0.29) is 18.5 Å². The average Bonchev–Trinajstić information content (AvgIpc) is 2.40. The molecule has 0 bridgehead atoms. The number of carbonyl (C=O) groups is 1. The molecule has 18 heavy (non-hydrogen) atoms. The maximum Gasteiger partial charge on any atom is 0.162 e. The highest BCUT2D eigenvalue weighted by molar-refractivity contribution is 6.31. The molecular formula is C14H18ClNO2. The lowest BCUT2D eigenvalue weighted by molar-refractivity contribution is -0.125. The van der Waals surface area contributed by atoms with Crippen LogP contribution < -0.4 is 5.32 Å². The van der Waals surface area contributed by atoms with E-state index < -0.39 is 0 Å². The molecule has 0 amide bonds. The standard InChI is InChI=1S/C14H18ClNO2/c15-14-4-2-1-3-11(14)9-12(17)10-18-13-5-7-16-8-6-13/h1-4,13,16H,5-10H2. The Bertz CT molecular complexity index is 403. The van der Waals surface area contributed by atoms with Crippen LogP contribution in [0.5, 0.6) is 0 Å². The molecule has 0 atom stereocenters. The molecule has 1 heterocycles. The number of ether oxygens (including phenoxy) is 1. The lowest BCUT2D eigenvalue weighted by Crippen LogP contribution is -2.33. The number of hydrogen-bond acceptors (Lipinski definition) is 3. The number of carbonyl (C=O) groups excluding carboxylic acids is 1. The fraction of sp³-hybridized carbons (Fsp3) is 0.500. The van der Waals surface area contributed by atoms with Crippen LogP contribution in [0.1, 0.15) is 18.4 Å². The van der Waals surface area contributed by atoms with Gasteiger partial charge in [0.2, 0.25) is 0 Å². The zero-order valence-electron chi connectivity index (χ0n) is 10.3. The summed E-state index contributed by atoms with van der Waals surface area (Å²) in [4.78, 5) is 11.8. The molecular weight excluding hydrogens is 250 g/mol. The third-order valence-corrected chi connectivity index (χ3v) is 3.48. The van der Waals surface area contributed by atoms with Crippen molar-refractivity contribution < 1.29 is 9.53 Å². The second-order valence-electron chi connectivity index (χ2n) is 4.57. The molecule has 1 saturated heterocycles. The van der Waals surface area contributed by atoms with Crippen molar-refractivity contribution in [2.24, 2.45) is 0 Å². The van der Waals surface area contributed by atoms with Gasteiger partial charge in [-0.2, -0.15) is 0 Å².